The summed E-state index contributed by atoms with van der Waals surface area (Å²) in [7, 11) is 0. The summed E-state index contributed by atoms with van der Waals surface area (Å²) in [4.78, 5) is 40.0. The minimum Gasteiger partial charge on any atom is -0.463 e. The Bertz CT molecular complexity index is 748. The number of aromatic amines is 1. The van der Waals surface area contributed by atoms with Crippen molar-refractivity contribution in [3.63, 3.8) is 0 Å². The van der Waals surface area contributed by atoms with E-state index in [0.717, 1.165) is 0 Å². The van der Waals surface area contributed by atoms with Gasteiger partial charge in [0.1, 0.15) is 11.3 Å². The van der Waals surface area contributed by atoms with Crippen molar-refractivity contribution in [2.24, 2.45) is 0 Å². The smallest absolute Gasteiger partial charge is 0.261 e. The number of furan rings is 1. The van der Waals surface area contributed by atoms with Gasteiger partial charge >= 0.3 is 0 Å². The summed E-state index contributed by atoms with van der Waals surface area (Å²) in [6, 6.07) is 6.56. The second kappa shape index (κ2) is 5.88. The molecule has 3 rings (SSSR count). The van der Waals surface area contributed by atoms with Gasteiger partial charge < -0.3 is 19.6 Å². The van der Waals surface area contributed by atoms with Crippen LogP contribution in [0.5, 0.6) is 0 Å². The number of amides is 2. The molecule has 0 radical (unpaired) electrons. The topological polar surface area (TPSA) is 95.4 Å². The fraction of sp³-hybridized carbons (Fsp3) is 0.267. The molecule has 2 aromatic rings. The Morgan fingerprint density at radius 3 is 2.77 bits per heavy atom. The lowest BCUT2D eigenvalue weighted by Crippen LogP contribution is -2.37. The van der Waals surface area contributed by atoms with E-state index in [1.807, 2.05) is 0 Å². The average molecular weight is 301 g/mol. The Morgan fingerprint density at radius 1 is 1.18 bits per heavy atom. The van der Waals surface area contributed by atoms with E-state index in [2.05, 4.69) is 10.3 Å². The van der Waals surface area contributed by atoms with Gasteiger partial charge in [-0.3, -0.25) is 14.4 Å². The minimum atomic E-state index is -0.470. The molecule has 3 heterocycles. The van der Waals surface area contributed by atoms with Crippen molar-refractivity contribution in [1.82, 2.24) is 15.2 Å². The third kappa shape index (κ3) is 2.78. The maximum Gasteiger partial charge on any atom is 0.261 e. The van der Waals surface area contributed by atoms with Crippen molar-refractivity contribution in [2.75, 3.05) is 19.6 Å². The zero-order valence-corrected chi connectivity index (χ0v) is 11.8. The van der Waals surface area contributed by atoms with Crippen molar-refractivity contribution < 1.29 is 14.0 Å². The fourth-order valence-corrected chi connectivity index (χ4v) is 2.36. The van der Waals surface area contributed by atoms with Crippen molar-refractivity contribution >= 4 is 11.8 Å². The van der Waals surface area contributed by atoms with Crippen molar-refractivity contribution in [2.45, 2.75) is 6.42 Å². The van der Waals surface area contributed by atoms with Crippen molar-refractivity contribution in [3.05, 3.63) is 46.4 Å². The van der Waals surface area contributed by atoms with Gasteiger partial charge in [-0.25, -0.2) is 0 Å². The highest BCUT2D eigenvalue weighted by Gasteiger charge is 2.22. The van der Waals surface area contributed by atoms with Crippen molar-refractivity contribution in [3.8, 4) is 11.5 Å². The number of carbonyl (C=O) groups excluding carboxylic acids is 2. The maximum atomic E-state index is 12.4. The molecule has 1 aliphatic heterocycles. The molecule has 2 amide bonds. The predicted molar refractivity (Wildman–Crippen MR) is 78.3 cm³/mol. The van der Waals surface area contributed by atoms with Crippen molar-refractivity contribution in [1.29, 1.82) is 0 Å². The van der Waals surface area contributed by atoms with E-state index in [1.54, 1.807) is 18.2 Å². The molecule has 7 nitrogen and oxygen atoms in total. The Kier molecular flexibility index (Phi) is 3.78. The number of nitrogens with zero attached hydrogens (tertiary/aromatic N) is 1. The van der Waals surface area contributed by atoms with Gasteiger partial charge in [-0.2, -0.15) is 0 Å². The Morgan fingerprint density at radius 2 is 2.05 bits per heavy atom. The number of nitrogens with one attached hydrogen (secondary N) is 2. The normalized spacial score (nSPS) is 15.3. The highest BCUT2D eigenvalue weighted by molar-refractivity contribution is 5.94. The quantitative estimate of drug-likeness (QED) is 0.849. The first-order valence-electron chi connectivity index (χ1n) is 6.98. The molecule has 0 aliphatic carbocycles. The second-order valence-corrected chi connectivity index (χ2v) is 4.98. The Labute approximate surface area is 125 Å². The molecule has 0 spiro atoms. The van der Waals surface area contributed by atoms with E-state index in [4.69, 9.17) is 4.42 Å². The molecular formula is C15H15N3O4. The first kappa shape index (κ1) is 14.1. The number of carbonyl (C=O) groups is 2. The third-order valence-corrected chi connectivity index (χ3v) is 3.53. The molecule has 0 unspecified atom stereocenters. The SMILES string of the molecule is O=C1CCN(C(=O)c2ccc(-c3ccco3)[nH]c2=O)CCN1. The molecule has 0 saturated carbocycles. The van der Waals surface area contributed by atoms with Crippen LogP contribution < -0.4 is 10.9 Å². The van der Waals surface area contributed by atoms with Crippen LogP contribution in [0.4, 0.5) is 0 Å². The molecule has 0 atom stereocenters. The highest BCUT2D eigenvalue weighted by atomic mass is 16.3. The molecule has 114 valence electrons. The molecule has 0 aromatic carbocycles. The Hall–Kier alpha value is -2.83. The zero-order valence-electron chi connectivity index (χ0n) is 11.8. The number of H-pyrrole nitrogens is 1. The molecule has 2 aromatic heterocycles. The zero-order chi connectivity index (χ0) is 15.5. The summed E-state index contributed by atoms with van der Waals surface area (Å²) in [5.41, 5.74) is 0.103. The summed E-state index contributed by atoms with van der Waals surface area (Å²) < 4.78 is 5.21. The number of pyridine rings is 1. The van der Waals surface area contributed by atoms with E-state index >= 15 is 0 Å². The standard InChI is InChI=1S/C15H15N3O4/c19-13-5-7-18(8-6-16-13)15(21)10-3-4-11(17-14(10)20)12-2-1-9-22-12/h1-4,9H,5-8H2,(H,16,19)(H,17,20). The van der Waals surface area contributed by atoms with E-state index in [9.17, 15) is 14.4 Å². The van der Waals surface area contributed by atoms with Gasteiger partial charge in [0, 0.05) is 26.1 Å². The summed E-state index contributed by atoms with van der Waals surface area (Å²) in [6.07, 6.45) is 1.75. The van der Waals surface area contributed by atoms with Crippen LogP contribution in [0.3, 0.4) is 0 Å². The monoisotopic (exact) mass is 301 g/mol. The second-order valence-electron chi connectivity index (χ2n) is 4.98. The summed E-state index contributed by atoms with van der Waals surface area (Å²) >= 11 is 0. The lowest BCUT2D eigenvalue weighted by atomic mass is 10.2. The molecule has 1 aliphatic rings. The van der Waals surface area contributed by atoms with Crippen LogP contribution in [-0.4, -0.2) is 41.3 Å². The first-order chi connectivity index (χ1) is 10.6. The van der Waals surface area contributed by atoms with Gasteiger partial charge in [0.15, 0.2) is 0 Å². The molecule has 7 heteroatoms. The molecule has 1 fully saturated rings. The van der Waals surface area contributed by atoms with E-state index in [-0.39, 0.29) is 23.8 Å². The lowest BCUT2D eigenvalue weighted by Gasteiger charge is -2.19. The van der Waals surface area contributed by atoms with Crippen LogP contribution >= 0.6 is 0 Å². The van der Waals surface area contributed by atoms with Gasteiger partial charge in [-0.1, -0.05) is 0 Å². The van der Waals surface area contributed by atoms with Crippen LogP contribution in [0.2, 0.25) is 0 Å². The third-order valence-electron chi connectivity index (χ3n) is 3.53. The molecule has 22 heavy (non-hydrogen) atoms. The molecule has 2 N–H and O–H groups in total. The largest absolute Gasteiger partial charge is 0.463 e. The average Bonchev–Trinajstić information content (AvgIpc) is 2.96. The van der Waals surface area contributed by atoms with E-state index in [1.165, 1.54) is 17.2 Å². The van der Waals surface area contributed by atoms with Crippen LogP contribution in [0.25, 0.3) is 11.5 Å². The van der Waals surface area contributed by atoms with Gasteiger partial charge in [0.05, 0.1) is 12.0 Å². The van der Waals surface area contributed by atoms with Gasteiger partial charge in [0.25, 0.3) is 11.5 Å². The predicted octanol–water partition coefficient (Wildman–Crippen LogP) is 0.597. The minimum absolute atomic E-state index is 0.0599. The maximum absolute atomic E-state index is 12.4. The number of aromatic nitrogens is 1. The number of rotatable bonds is 2. The van der Waals surface area contributed by atoms with E-state index < -0.39 is 5.56 Å². The Balaban J connectivity index is 1.84. The lowest BCUT2D eigenvalue weighted by molar-refractivity contribution is -0.120. The highest BCUT2D eigenvalue weighted by Crippen LogP contribution is 2.16. The number of hydrogen-bond donors (Lipinski definition) is 2. The summed E-state index contributed by atoms with van der Waals surface area (Å²) in [5, 5.41) is 2.69. The molecular weight excluding hydrogens is 286 g/mol. The van der Waals surface area contributed by atoms with Gasteiger partial charge in [-0.15, -0.1) is 0 Å². The van der Waals surface area contributed by atoms with Crippen LogP contribution in [0, 0.1) is 0 Å². The summed E-state index contributed by atoms with van der Waals surface area (Å²) in [6.45, 7) is 1.10. The first-order valence-corrected chi connectivity index (χ1v) is 6.98. The molecule has 1 saturated heterocycles. The molecule has 0 bridgehead atoms. The van der Waals surface area contributed by atoms with Gasteiger partial charge in [-0.05, 0) is 24.3 Å². The van der Waals surface area contributed by atoms with Crippen LogP contribution in [0.1, 0.15) is 16.8 Å². The van der Waals surface area contributed by atoms with Gasteiger partial charge in [0.2, 0.25) is 5.91 Å². The number of hydrogen-bond acceptors (Lipinski definition) is 4. The fourth-order valence-electron chi connectivity index (χ4n) is 2.36. The van der Waals surface area contributed by atoms with Crippen LogP contribution in [-0.2, 0) is 4.79 Å². The van der Waals surface area contributed by atoms with Crippen LogP contribution in [0.15, 0.2) is 39.7 Å². The summed E-state index contributed by atoms with van der Waals surface area (Å²) in [5.74, 6) is 0.0711. The van der Waals surface area contributed by atoms with E-state index in [0.29, 0.717) is 31.1 Å².